The molecule has 0 bridgehead atoms. The van der Waals surface area contributed by atoms with Crippen molar-refractivity contribution < 1.29 is 0 Å². The summed E-state index contributed by atoms with van der Waals surface area (Å²) < 4.78 is 0. The second-order valence-electron chi connectivity index (χ2n) is 8.28. The van der Waals surface area contributed by atoms with Gasteiger partial charge in [-0.25, -0.2) is 0 Å². The third kappa shape index (κ3) is 3.30. The number of likely N-dealkylation sites (tertiary alicyclic amines) is 2. The first-order valence-electron chi connectivity index (χ1n) is 9.26. The molecule has 2 N–H and O–H groups in total. The van der Waals surface area contributed by atoms with Gasteiger partial charge in [-0.3, -0.25) is 4.90 Å². The summed E-state index contributed by atoms with van der Waals surface area (Å²) in [5.74, 6) is 2.60. The van der Waals surface area contributed by atoms with Gasteiger partial charge in [0, 0.05) is 31.2 Å². The summed E-state index contributed by atoms with van der Waals surface area (Å²) >= 11 is 0. The van der Waals surface area contributed by atoms with Crippen molar-refractivity contribution in [3.63, 3.8) is 0 Å². The molecule has 21 heavy (non-hydrogen) atoms. The summed E-state index contributed by atoms with van der Waals surface area (Å²) in [5, 5.41) is 0. The van der Waals surface area contributed by atoms with E-state index in [0.717, 1.165) is 23.8 Å². The van der Waals surface area contributed by atoms with Crippen molar-refractivity contribution in [3.8, 4) is 0 Å². The zero-order chi connectivity index (χ0) is 15.0. The minimum Gasteiger partial charge on any atom is -0.326 e. The van der Waals surface area contributed by atoms with Crippen molar-refractivity contribution in [3.05, 3.63) is 0 Å². The van der Waals surface area contributed by atoms with Crippen molar-refractivity contribution in [1.82, 2.24) is 9.80 Å². The van der Waals surface area contributed by atoms with E-state index in [9.17, 15) is 0 Å². The molecule has 1 aliphatic carbocycles. The van der Waals surface area contributed by atoms with Gasteiger partial charge < -0.3 is 10.6 Å². The highest BCUT2D eigenvalue weighted by molar-refractivity contribution is 4.96. The molecule has 2 heterocycles. The second kappa shape index (κ2) is 6.55. The van der Waals surface area contributed by atoms with Gasteiger partial charge in [-0.1, -0.05) is 13.8 Å². The van der Waals surface area contributed by atoms with Crippen molar-refractivity contribution in [2.75, 3.05) is 26.7 Å². The number of piperidine rings is 2. The largest absolute Gasteiger partial charge is 0.326 e. The standard InChI is InChI=1S/C18H35N3/c1-13(2)14-6-7-16(19)18(11-14)21-10-8-17-15(12-21)5-4-9-20(17)3/h13-18H,4-12,19H2,1-3H3. The molecular weight excluding hydrogens is 258 g/mol. The predicted molar refractivity (Wildman–Crippen MR) is 89.3 cm³/mol. The van der Waals surface area contributed by atoms with Gasteiger partial charge >= 0.3 is 0 Å². The molecule has 0 aromatic heterocycles. The maximum Gasteiger partial charge on any atom is 0.0250 e. The summed E-state index contributed by atoms with van der Waals surface area (Å²) in [7, 11) is 2.33. The third-order valence-electron chi connectivity index (χ3n) is 6.70. The lowest BCUT2D eigenvalue weighted by Gasteiger charge is -2.50. The number of hydrogen-bond acceptors (Lipinski definition) is 3. The summed E-state index contributed by atoms with van der Waals surface area (Å²) in [6.07, 6.45) is 8.09. The van der Waals surface area contributed by atoms with Gasteiger partial charge in [0.05, 0.1) is 0 Å². The maximum atomic E-state index is 6.52. The van der Waals surface area contributed by atoms with Crippen LogP contribution < -0.4 is 5.73 Å². The summed E-state index contributed by atoms with van der Waals surface area (Å²) in [6.45, 7) is 8.66. The van der Waals surface area contributed by atoms with Gasteiger partial charge in [-0.05, 0) is 69.9 Å². The molecule has 0 radical (unpaired) electrons. The lowest BCUT2D eigenvalue weighted by Crippen LogP contribution is -2.59. The predicted octanol–water partition coefficient (Wildman–Crippen LogP) is 2.55. The van der Waals surface area contributed by atoms with Gasteiger partial charge in [0.2, 0.25) is 0 Å². The van der Waals surface area contributed by atoms with Gasteiger partial charge in [0.15, 0.2) is 0 Å². The van der Waals surface area contributed by atoms with Gasteiger partial charge in [0.25, 0.3) is 0 Å². The highest BCUT2D eigenvalue weighted by atomic mass is 15.2. The Hall–Kier alpha value is -0.120. The smallest absolute Gasteiger partial charge is 0.0250 e. The average molecular weight is 293 g/mol. The Morgan fingerprint density at radius 3 is 2.57 bits per heavy atom. The molecule has 122 valence electrons. The van der Waals surface area contributed by atoms with Gasteiger partial charge in [0.1, 0.15) is 0 Å². The monoisotopic (exact) mass is 293 g/mol. The normalized spacial score (nSPS) is 43.0. The molecule has 0 amide bonds. The fourth-order valence-corrected chi connectivity index (χ4v) is 5.21. The molecule has 0 spiro atoms. The molecule has 3 fully saturated rings. The zero-order valence-corrected chi connectivity index (χ0v) is 14.3. The van der Waals surface area contributed by atoms with Crippen LogP contribution in [-0.2, 0) is 0 Å². The Morgan fingerprint density at radius 2 is 1.81 bits per heavy atom. The molecule has 0 aromatic rings. The van der Waals surface area contributed by atoms with Crippen LogP contribution in [0.25, 0.3) is 0 Å². The molecule has 2 saturated heterocycles. The van der Waals surface area contributed by atoms with Crippen LogP contribution in [0.5, 0.6) is 0 Å². The van der Waals surface area contributed by atoms with Crippen LogP contribution in [0.3, 0.4) is 0 Å². The van der Waals surface area contributed by atoms with E-state index in [-0.39, 0.29) is 0 Å². The highest BCUT2D eigenvalue weighted by Crippen LogP contribution is 2.36. The SMILES string of the molecule is CC(C)C1CCC(N)C(N2CCC3C(CCCN3C)C2)C1. The number of fused-ring (bicyclic) bond motifs is 1. The molecule has 1 saturated carbocycles. The molecule has 5 unspecified atom stereocenters. The Morgan fingerprint density at radius 1 is 1.00 bits per heavy atom. The number of nitrogens with two attached hydrogens (primary N) is 1. The number of nitrogens with zero attached hydrogens (tertiary/aromatic N) is 2. The van der Waals surface area contributed by atoms with Gasteiger partial charge in [-0.15, -0.1) is 0 Å². The topological polar surface area (TPSA) is 32.5 Å². The zero-order valence-electron chi connectivity index (χ0n) is 14.3. The molecule has 2 aliphatic heterocycles. The minimum absolute atomic E-state index is 0.415. The van der Waals surface area contributed by atoms with E-state index in [1.807, 2.05) is 0 Å². The molecule has 3 aliphatic rings. The van der Waals surface area contributed by atoms with Gasteiger partial charge in [-0.2, -0.15) is 0 Å². The fourth-order valence-electron chi connectivity index (χ4n) is 5.21. The molecule has 5 atom stereocenters. The van der Waals surface area contributed by atoms with Crippen LogP contribution in [-0.4, -0.2) is 54.6 Å². The Kier molecular flexibility index (Phi) is 4.92. The first kappa shape index (κ1) is 15.8. The van der Waals surface area contributed by atoms with E-state index in [1.54, 1.807) is 0 Å². The molecule has 0 aromatic carbocycles. The lowest BCUT2D eigenvalue weighted by atomic mass is 9.75. The number of hydrogen-bond donors (Lipinski definition) is 1. The highest BCUT2D eigenvalue weighted by Gasteiger charge is 2.39. The van der Waals surface area contributed by atoms with Crippen LogP contribution in [0.15, 0.2) is 0 Å². The Labute approximate surface area is 131 Å². The van der Waals surface area contributed by atoms with Crippen LogP contribution >= 0.6 is 0 Å². The van der Waals surface area contributed by atoms with Crippen molar-refractivity contribution in [2.45, 2.75) is 70.5 Å². The maximum absolute atomic E-state index is 6.52. The average Bonchev–Trinajstić information content (AvgIpc) is 2.47. The first-order chi connectivity index (χ1) is 10.1. The minimum atomic E-state index is 0.415. The molecule has 3 heteroatoms. The molecular formula is C18H35N3. The van der Waals surface area contributed by atoms with Crippen LogP contribution in [0.2, 0.25) is 0 Å². The summed E-state index contributed by atoms with van der Waals surface area (Å²) in [6, 6.07) is 1.91. The molecule has 3 nitrogen and oxygen atoms in total. The van der Waals surface area contributed by atoms with E-state index in [0.29, 0.717) is 12.1 Å². The second-order valence-corrected chi connectivity index (χ2v) is 8.28. The van der Waals surface area contributed by atoms with Crippen molar-refractivity contribution in [2.24, 2.45) is 23.5 Å². The van der Waals surface area contributed by atoms with Crippen LogP contribution in [0.1, 0.15) is 52.4 Å². The lowest BCUT2D eigenvalue weighted by molar-refractivity contribution is -0.00114. The van der Waals surface area contributed by atoms with Crippen molar-refractivity contribution in [1.29, 1.82) is 0 Å². The summed E-state index contributed by atoms with van der Waals surface area (Å²) in [5.41, 5.74) is 6.52. The molecule has 3 rings (SSSR count). The number of rotatable bonds is 2. The van der Waals surface area contributed by atoms with E-state index in [1.165, 1.54) is 58.2 Å². The van der Waals surface area contributed by atoms with E-state index in [4.69, 9.17) is 5.73 Å². The van der Waals surface area contributed by atoms with E-state index >= 15 is 0 Å². The fraction of sp³-hybridized carbons (Fsp3) is 1.00. The van der Waals surface area contributed by atoms with Crippen LogP contribution in [0.4, 0.5) is 0 Å². The van der Waals surface area contributed by atoms with Crippen LogP contribution in [0, 0.1) is 17.8 Å². The van der Waals surface area contributed by atoms with Crippen molar-refractivity contribution >= 4 is 0 Å². The van der Waals surface area contributed by atoms with E-state index in [2.05, 4.69) is 30.7 Å². The first-order valence-corrected chi connectivity index (χ1v) is 9.26. The third-order valence-corrected chi connectivity index (χ3v) is 6.70. The Balaban J connectivity index is 1.63. The summed E-state index contributed by atoms with van der Waals surface area (Å²) in [4.78, 5) is 5.39. The quantitative estimate of drug-likeness (QED) is 0.849. The Bertz CT molecular complexity index is 343. The van der Waals surface area contributed by atoms with E-state index < -0.39 is 0 Å².